The normalized spacial score (nSPS) is 19.1. The third-order valence-corrected chi connectivity index (χ3v) is 3.65. The van der Waals surface area contributed by atoms with Crippen LogP contribution in [-0.4, -0.2) is 47.3 Å². The molecule has 1 rings (SSSR count). The first-order valence-electron chi connectivity index (χ1n) is 6.82. The summed E-state index contributed by atoms with van der Waals surface area (Å²) in [5, 5.41) is 11.1. The highest BCUT2D eigenvalue weighted by Crippen LogP contribution is 2.35. The van der Waals surface area contributed by atoms with E-state index in [0.717, 1.165) is 12.8 Å². The molecular formula is C13H21F3N2O3. The molecule has 0 atom stereocenters. The van der Waals surface area contributed by atoms with Gasteiger partial charge in [-0.2, -0.15) is 13.2 Å². The number of hydrogen-bond donors (Lipinski definition) is 2. The largest absolute Gasteiger partial charge is 0.480 e. The van der Waals surface area contributed by atoms with Crippen molar-refractivity contribution in [2.45, 2.75) is 51.7 Å². The maximum absolute atomic E-state index is 12.4. The van der Waals surface area contributed by atoms with Crippen LogP contribution in [0.3, 0.4) is 0 Å². The maximum atomic E-state index is 12.4. The fourth-order valence-electron chi connectivity index (χ4n) is 2.39. The van der Waals surface area contributed by atoms with E-state index in [1.54, 1.807) is 0 Å². The first-order chi connectivity index (χ1) is 9.48. The Morgan fingerprint density at radius 3 is 2.24 bits per heavy atom. The molecule has 0 spiro atoms. The third kappa shape index (κ3) is 6.68. The second-order valence-corrected chi connectivity index (χ2v) is 6.25. The molecule has 1 aliphatic rings. The van der Waals surface area contributed by atoms with E-state index >= 15 is 0 Å². The fraction of sp³-hybridized carbons (Fsp3) is 0.846. The van der Waals surface area contributed by atoms with Crippen molar-refractivity contribution in [3.05, 3.63) is 0 Å². The monoisotopic (exact) mass is 310 g/mol. The van der Waals surface area contributed by atoms with Gasteiger partial charge in [0.15, 0.2) is 0 Å². The number of alkyl halides is 3. The Hall–Kier alpha value is -1.47. The standard InChI is InChI=1S/C13H21F3N2O3/c1-12(2)5-3-9(4-6-12)17-11(21)18(7-10(19)20)8-13(14,15)16/h9H,3-8H2,1-2H3,(H,17,21)(H,19,20). The zero-order valence-electron chi connectivity index (χ0n) is 12.2. The zero-order chi connectivity index (χ0) is 16.3. The van der Waals surface area contributed by atoms with Crippen LogP contribution >= 0.6 is 0 Å². The molecular weight excluding hydrogens is 289 g/mol. The molecule has 21 heavy (non-hydrogen) atoms. The predicted molar refractivity (Wildman–Crippen MR) is 69.8 cm³/mol. The second kappa shape index (κ2) is 6.53. The van der Waals surface area contributed by atoms with Crippen LogP contribution in [0.1, 0.15) is 39.5 Å². The van der Waals surface area contributed by atoms with Gasteiger partial charge in [0.2, 0.25) is 0 Å². The van der Waals surface area contributed by atoms with Gasteiger partial charge in [0.1, 0.15) is 13.1 Å². The van der Waals surface area contributed by atoms with Gasteiger partial charge >= 0.3 is 18.2 Å². The molecule has 0 aromatic heterocycles. The summed E-state index contributed by atoms with van der Waals surface area (Å²) in [6, 6.07) is -1.17. The van der Waals surface area contributed by atoms with Gasteiger partial charge in [-0.25, -0.2) is 4.79 Å². The number of carbonyl (C=O) groups is 2. The summed E-state index contributed by atoms with van der Waals surface area (Å²) in [5.41, 5.74) is 0.175. The molecule has 0 aliphatic heterocycles. The Labute approximate surface area is 121 Å². The van der Waals surface area contributed by atoms with E-state index in [9.17, 15) is 22.8 Å². The summed E-state index contributed by atoms with van der Waals surface area (Å²) in [6.45, 7) is 1.67. The average molecular weight is 310 g/mol. The van der Waals surface area contributed by atoms with E-state index < -0.39 is 31.3 Å². The fourth-order valence-corrected chi connectivity index (χ4v) is 2.39. The Morgan fingerprint density at radius 1 is 1.29 bits per heavy atom. The molecule has 2 amide bonds. The molecule has 122 valence electrons. The lowest BCUT2D eigenvalue weighted by Crippen LogP contribution is -2.50. The van der Waals surface area contributed by atoms with Gasteiger partial charge in [-0.05, 0) is 31.1 Å². The quantitative estimate of drug-likeness (QED) is 0.838. The van der Waals surface area contributed by atoms with Crippen LogP contribution in [0.2, 0.25) is 0 Å². The van der Waals surface area contributed by atoms with Gasteiger partial charge in [0.25, 0.3) is 0 Å². The molecule has 0 unspecified atom stereocenters. The highest BCUT2D eigenvalue weighted by Gasteiger charge is 2.35. The lowest BCUT2D eigenvalue weighted by molar-refractivity contribution is -0.149. The number of carbonyl (C=O) groups excluding carboxylic acids is 1. The highest BCUT2D eigenvalue weighted by molar-refractivity contribution is 5.80. The van der Waals surface area contributed by atoms with Gasteiger partial charge in [0, 0.05) is 6.04 Å². The number of aliphatic carboxylic acids is 1. The van der Waals surface area contributed by atoms with E-state index in [2.05, 4.69) is 19.2 Å². The van der Waals surface area contributed by atoms with Crippen molar-refractivity contribution in [3.63, 3.8) is 0 Å². The van der Waals surface area contributed by atoms with Gasteiger partial charge in [-0.15, -0.1) is 0 Å². The predicted octanol–water partition coefficient (Wildman–Crippen LogP) is 2.61. The summed E-state index contributed by atoms with van der Waals surface area (Å²) in [4.78, 5) is 22.7. The van der Waals surface area contributed by atoms with E-state index in [0.29, 0.717) is 12.8 Å². The summed E-state index contributed by atoms with van der Waals surface area (Å²) in [5.74, 6) is -1.47. The van der Waals surface area contributed by atoms with Crippen molar-refractivity contribution in [1.82, 2.24) is 10.2 Å². The number of carboxylic acids is 1. The zero-order valence-corrected chi connectivity index (χ0v) is 12.2. The van der Waals surface area contributed by atoms with Crippen LogP contribution in [0, 0.1) is 5.41 Å². The van der Waals surface area contributed by atoms with Crippen molar-refractivity contribution >= 4 is 12.0 Å². The highest BCUT2D eigenvalue weighted by atomic mass is 19.4. The van der Waals surface area contributed by atoms with Crippen molar-refractivity contribution in [3.8, 4) is 0 Å². The minimum atomic E-state index is -4.62. The van der Waals surface area contributed by atoms with E-state index in [1.807, 2.05) is 0 Å². The summed E-state index contributed by atoms with van der Waals surface area (Å²) < 4.78 is 37.1. The van der Waals surface area contributed by atoms with Crippen LogP contribution in [0.5, 0.6) is 0 Å². The van der Waals surface area contributed by atoms with Gasteiger partial charge in [-0.1, -0.05) is 13.8 Å². The summed E-state index contributed by atoms with van der Waals surface area (Å²) in [7, 11) is 0. The molecule has 0 aromatic rings. The average Bonchev–Trinajstić information content (AvgIpc) is 2.28. The molecule has 1 saturated carbocycles. The number of nitrogens with one attached hydrogen (secondary N) is 1. The number of nitrogens with zero attached hydrogens (tertiary/aromatic N) is 1. The van der Waals surface area contributed by atoms with Crippen LogP contribution in [0.4, 0.5) is 18.0 Å². The van der Waals surface area contributed by atoms with E-state index in [1.165, 1.54) is 0 Å². The van der Waals surface area contributed by atoms with Crippen LogP contribution in [-0.2, 0) is 4.79 Å². The molecule has 0 saturated heterocycles. The molecule has 0 heterocycles. The molecule has 8 heteroatoms. The van der Waals surface area contributed by atoms with Crippen LogP contribution in [0.15, 0.2) is 0 Å². The molecule has 1 aliphatic carbocycles. The Balaban J connectivity index is 2.58. The maximum Gasteiger partial charge on any atom is 0.406 e. The Bertz CT molecular complexity index is 387. The molecule has 2 N–H and O–H groups in total. The number of halogens is 3. The van der Waals surface area contributed by atoms with E-state index in [4.69, 9.17) is 5.11 Å². The first kappa shape index (κ1) is 17.6. The van der Waals surface area contributed by atoms with Gasteiger partial charge in [0.05, 0.1) is 0 Å². The Kier molecular flexibility index (Phi) is 5.47. The lowest BCUT2D eigenvalue weighted by Gasteiger charge is -2.35. The van der Waals surface area contributed by atoms with Gasteiger partial charge < -0.3 is 15.3 Å². The number of rotatable bonds is 4. The number of hydrogen-bond acceptors (Lipinski definition) is 2. The van der Waals surface area contributed by atoms with Gasteiger partial charge in [-0.3, -0.25) is 4.79 Å². The summed E-state index contributed by atoms with van der Waals surface area (Å²) in [6.07, 6.45) is -1.51. The minimum Gasteiger partial charge on any atom is -0.480 e. The van der Waals surface area contributed by atoms with Crippen LogP contribution in [0.25, 0.3) is 0 Å². The smallest absolute Gasteiger partial charge is 0.406 e. The topological polar surface area (TPSA) is 69.6 Å². The van der Waals surface area contributed by atoms with Crippen molar-refractivity contribution in [2.24, 2.45) is 5.41 Å². The molecule has 5 nitrogen and oxygen atoms in total. The number of carboxylic acid groups (broad SMARTS) is 1. The van der Waals surface area contributed by atoms with Crippen molar-refractivity contribution < 1.29 is 27.9 Å². The third-order valence-electron chi connectivity index (χ3n) is 3.65. The molecule has 0 radical (unpaired) electrons. The van der Waals surface area contributed by atoms with E-state index in [-0.39, 0.29) is 16.4 Å². The molecule has 1 fully saturated rings. The Morgan fingerprint density at radius 2 is 1.81 bits per heavy atom. The molecule has 0 bridgehead atoms. The minimum absolute atomic E-state index is 0.175. The molecule has 0 aromatic carbocycles. The van der Waals surface area contributed by atoms with Crippen LogP contribution < -0.4 is 5.32 Å². The second-order valence-electron chi connectivity index (χ2n) is 6.25. The first-order valence-corrected chi connectivity index (χ1v) is 6.82. The van der Waals surface area contributed by atoms with Crippen molar-refractivity contribution in [2.75, 3.05) is 13.1 Å². The number of amides is 2. The SMILES string of the molecule is CC1(C)CCC(NC(=O)N(CC(=O)O)CC(F)(F)F)CC1. The number of urea groups is 1. The summed E-state index contributed by atoms with van der Waals surface area (Å²) >= 11 is 0. The van der Waals surface area contributed by atoms with Crippen molar-refractivity contribution in [1.29, 1.82) is 0 Å². The lowest BCUT2D eigenvalue weighted by atomic mass is 9.75.